The van der Waals surface area contributed by atoms with Crippen LogP contribution < -0.4 is 5.32 Å². The van der Waals surface area contributed by atoms with E-state index in [1.54, 1.807) is 11.3 Å². The Hall–Kier alpha value is -0.450. The molecular weight excluding hydrogens is 220 g/mol. The SMILES string of the molecule is CC(C)(CO)NCc1nc(C(C)(C)C)cs1. The molecule has 0 atom stereocenters. The van der Waals surface area contributed by atoms with Gasteiger partial charge in [0.05, 0.1) is 12.3 Å². The summed E-state index contributed by atoms with van der Waals surface area (Å²) in [6, 6.07) is 0. The molecule has 0 amide bonds. The lowest BCUT2D eigenvalue weighted by molar-refractivity contribution is 0.187. The van der Waals surface area contributed by atoms with Gasteiger partial charge >= 0.3 is 0 Å². The first-order chi connectivity index (χ1) is 7.24. The summed E-state index contributed by atoms with van der Waals surface area (Å²) in [5.41, 5.74) is 1.01. The molecule has 0 fully saturated rings. The van der Waals surface area contributed by atoms with Gasteiger partial charge < -0.3 is 10.4 Å². The highest BCUT2D eigenvalue weighted by atomic mass is 32.1. The molecule has 1 aromatic heterocycles. The van der Waals surface area contributed by atoms with E-state index in [1.807, 2.05) is 13.8 Å². The number of hydrogen-bond acceptors (Lipinski definition) is 4. The van der Waals surface area contributed by atoms with Gasteiger partial charge in [0.1, 0.15) is 5.01 Å². The quantitative estimate of drug-likeness (QED) is 0.851. The molecule has 1 rings (SSSR count). The summed E-state index contributed by atoms with van der Waals surface area (Å²) in [4.78, 5) is 4.59. The van der Waals surface area contributed by atoms with Crippen molar-refractivity contribution in [2.75, 3.05) is 6.61 Å². The number of nitrogens with zero attached hydrogens (tertiary/aromatic N) is 1. The number of aromatic nitrogens is 1. The van der Waals surface area contributed by atoms with Crippen molar-refractivity contribution in [1.29, 1.82) is 0 Å². The summed E-state index contributed by atoms with van der Waals surface area (Å²) in [5, 5.41) is 15.6. The van der Waals surface area contributed by atoms with Crippen LogP contribution in [-0.2, 0) is 12.0 Å². The monoisotopic (exact) mass is 242 g/mol. The van der Waals surface area contributed by atoms with Crippen LogP contribution in [0.25, 0.3) is 0 Å². The number of nitrogens with one attached hydrogen (secondary N) is 1. The molecule has 92 valence electrons. The zero-order chi connectivity index (χ0) is 12.4. The van der Waals surface area contributed by atoms with Gasteiger partial charge in [0.2, 0.25) is 0 Å². The molecule has 0 saturated carbocycles. The Morgan fingerprint density at radius 2 is 1.94 bits per heavy atom. The smallest absolute Gasteiger partial charge is 0.107 e. The predicted molar refractivity (Wildman–Crippen MR) is 68.8 cm³/mol. The topological polar surface area (TPSA) is 45.1 Å². The van der Waals surface area contributed by atoms with Crippen LogP contribution in [0.15, 0.2) is 5.38 Å². The number of rotatable bonds is 4. The number of hydrogen-bond donors (Lipinski definition) is 2. The van der Waals surface area contributed by atoms with Crippen molar-refractivity contribution in [2.24, 2.45) is 0 Å². The Bertz CT molecular complexity index is 339. The van der Waals surface area contributed by atoms with Crippen molar-refractivity contribution >= 4 is 11.3 Å². The van der Waals surface area contributed by atoms with E-state index in [-0.39, 0.29) is 17.6 Å². The van der Waals surface area contributed by atoms with Crippen molar-refractivity contribution in [3.05, 3.63) is 16.1 Å². The first-order valence-corrected chi connectivity index (χ1v) is 6.43. The minimum Gasteiger partial charge on any atom is -0.394 e. The molecule has 0 aliphatic heterocycles. The van der Waals surface area contributed by atoms with E-state index in [9.17, 15) is 0 Å². The van der Waals surface area contributed by atoms with Crippen molar-refractivity contribution in [2.45, 2.75) is 52.1 Å². The molecule has 0 bridgehead atoms. The van der Waals surface area contributed by atoms with Crippen molar-refractivity contribution in [3.63, 3.8) is 0 Å². The number of aliphatic hydroxyl groups is 1. The maximum Gasteiger partial charge on any atom is 0.107 e. The van der Waals surface area contributed by atoms with Gasteiger partial charge in [-0.25, -0.2) is 4.98 Å². The average molecular weight is 242 g/mol. The fourth-order valence-electron chi connectivity index (χ4n) is 1.11. The lowest BCUT2D eigenvalue weighted by Gasteiger charge is -2.22. The first kappa shape index (κ1) is 13.6. The fraction of sp³-hybridized carbons (Fsp3) is 0.750. The van der Waals surface area contributed by atoms with E-state index < -0.39 is 0 Å². The molecule has 0 aliphatic carbocycles. The number of thiazole rings is 1. The van der Waals surface area contributed by atoms with Crippen LogP contribution in [0.2, 0.25) is 0 Å². The van der Waals surface area contributed by atoms with Gasteiger partial charge in [0.15, 0.2) is 0 Å². The van der Waals surface area contributed by atoms with Crippen LogP contribution in [-0.4, -0.2) is 22.2 Å². The molecule has 0 spiro atoms. The second-order valence-electron chi connectivity index (χ2n) is 5.77. The summed E-state index contributed by atoms with van der Waals surface area (Å²) >= 11 is 1.67. The average Bonchev–Trinajstić information content (AvgIpc) is 2.63. The van der Waals surface area contributed by atoms with Crippen LogP contribution in [0.3, 0.4) is 0 Å². The van der Waals surface area contributed by atoms with Crippen molar-refractivity contribution in [3.8, 4) is 0 Å². The Morgan fingerprint density at radius 3 is 2.38 bits per heavy atom. The van der Waals surface area contributed by atoms with E-state index in [4.69, 9.17) is 5.11 Å². The minimum atomic E-state index is -0.242. The van der Waals surface area contributed by atoms with Crippen LogP contribution in [0.4, 0.5) is 0 Å². The maximum absolute atomic E-state index is 9.13. The molecule has 0 radical (unpaired) electrons. The normalized spacial score (nSPS) is 13.1. The third-order valence-electron chi connectivity index (χ3n) is 2.43. The van der Waals surface area contributed by atoms with Crippen LogP contribution in [0.1, 0.15) is 45.3 Å². The second-order valence-corrected chi connectivity index (χ2v) is 6.71. The first-order valence-electron chi connectivity index (χ1n) is 5.55. The minimum absolute atomic E-state index is 0.112. The molecule has 0 aliphatic rings. The summed E-state index contributed by atoms with van der Waals surface area (Å²) in [6.07, 6.45) is 0. The van der Waals surface area contributed by atoms with Gasteiger partial charge in [-0.1, -0.05) is 20.8 Å². The molecule has 16 heavy (non-hydrogen) atoms. The highest BCUT2D eigenvalue weighted by molar-refractivity contribution is 7.09. The van der Waals surface area contributed by atoms with E-state index in [0.29, 0.717) is 6.54 Å². The van der Waals surface area contributed by atoms with Gasteiger partial charge in [-0.2, -0.15) is 0 Å². The molecule has 1 aromatic rings. The largest absolute Gasteiger partial charge is 0.394 e. The summed E-state index contributed by atoms with van der Waals surface area (Å²) in [7, 11) is 0. The number of aliphatic hydroxyl groups excluding tert-OH is 1. The lowest BCUT2D eigenvalue weighted by atomic mass is 9.93. The van der Waals surface area contributed by atoms with Gasteiger partial charge in [0, 0.05) is 22.9 Å². The molecular formula is C12H22N2OS. The molecule has 3 nitrogen and oxygen atoms in total. The van der Waals surface area contributed by atoms with Gasteiger partial charge in [0.25, 0.3) is 0 Å². The molecule has 0 saturated heterocycles. The van der Waals surface area contributed by atoms with Crippen molar-refractivity contribution in [1.82, 2.24) is 10.3 Å². The highest BCUT2D eigenvalue weighted by Crippen LogP contribution is 2.23. The van der Waals surface area contributed by atoms with E-state index >= 15 is 0 Å². The predicted octanol–water partition coefficient (Wildman–Crippen LogP) is 2.30. The third-order valence-corrected chi connectivity index (χ3v) is 3.28. The molecule has 0 aromatic carbocycles. The molecule has 0 unspecified atom stereocenters. The molecule has 4 heteroatoms. The zero-order valence-electron chi connectivity index (χ0n) is 10.8. The summed E-state index contributed by atoms with van der Waals surface area (Å²) < 4.78 is 0. The standard InChI is InChI=1S/C12H22N2OS/c1-11(2,3)9-7-16-10(14-9)6-13-12(4,5)8-15/h7,13,15H,6,8H2,1-5H3. The Kier molecular flexibility index (Phi) is 4.10. The van der Waals surface area contributed by atoms with E-state index in [0.717, 1.165) is 10.7 Å². The van der Waals surface area contributed by atoms with Gasteiger partial charge in [-0.3, -0.25) is 0 Å². The summed E-state index contributed by atoms with van der Waals surface area (Å²) in [6.45, 7) is 11.3. The van der Waals surface area contributed by atoms with Crippen molar-refractivity contribution < 1.29 is 5.11 Å². The fourth-order valence-corrected chi connectivity index (χ4v) is 2.07. The van der Waals surface area contributed by atoms with Crippen LogP contribution in [0, 0.1) is 0 Å². The molecule has 2 N–H and O–H groups in total. The Labute approximate surface area is 102 Å². The lowest BCUT2D eigenvalue weighted by Crippen LogP contribution is -2.42. The maximum atomic E-state index is 9.13. The van der Waals surface area contributed by atoms with E-state index in [2.05, 4.69) is 36.5 Å². The zero-order valence-corrected chi connectivity index (χ0v) is 11.6. The van der Waals surface area contributed by atoms with E-state index in [1.165, 1.54) is 0 Å². The molecule has 1 heterocycles. The van der Waals surface area contributed by atoms with Crippen LogP contribution in [0.5, 0.6) is 0 Å². The highest BCUT2D eigenvalue weighted by Gasteiger charge is 2.19. The van der Waals surface area contributed by atoms with Crippen LogP contribution >= 0.6 is 11.3 Å². The Morgan fingerprint density at radius 1 is 1.31 bits per heavy atom. The third kappa shape index (κ3) is 3.85. The van der Waals surface area contributed by atoms with Gasteiger partial charge in [-0.15, -0.1) is 11.3 Å². The Balaban J connectivity index is 2.60. The summed E-state index contributed by atoms with van der Waals surface area (Å²) in [5.74, 6) is 0. The van der Waals surface area contributed by atoms with Gasteiger partial charge in [-0.05, 0) is 13.8 Å². The second kappa shape index (κ2) is 4.82.